The highest BCUT2D eigenvalue weighted by atomic mass is 79.9. The van der Waals surface area contributed by atoms with Crippen molar-refractivity contribution in [2.24, 2.45) is 0 Å². The molecule has 0 atom stereocenters. The highest BCUT2D eigenvalue weighted by Crippen LogP contribution is 2.18. The molecule has 0 radical (unpaired) electrons. The van der Waals surface area contributed by atoms with Crippen molar-refractivity contribution in [3.8, 4) is 11.4 Å². The number of imidazole rings is 1. The number of aromatic amines is 1. The molecule has 0 spiro atoms. The van der Waals surface area contributed by atoms with E-state index in [-0.39, 0.29) is 0 Å². The molecule has 0 aliphatic carbocycles. The second-order valence-electron chi connectivity index (χ2n) is 3.82. The third-order valence-electron chi connectivity index (χ3n) is 2.41. The predicted molar refractivity (Wildman–Crippen MR) is 73.1 cm³/mol. The van der Waals surface area contributed by atoms with Crippen LogP contribution in [0.5, 0.6) is 0 Å². The van der Waals surface area contributed by atoms with Crippen LogP contribution in [0.3, 0.4) is 0 Å². The Morgan fingerprint density at radius 2 is 2.28 bits per heavy atom. The maximum absolute atomic E-state index is 4.97. The first-order valence-corrected chi connectivity index (χ1v) is 6.43. The lowest BCUT2D eigenvalue weighted by Gasteiger charge is -2.01. The fourth-order valence-electron chi connectivity index (χ4n) is 1.53. The number of methoxy groups -OCH3 is 1. The highest BCUT2D eigenvalue weighted by molar-refractivity contribution is 9.10. The van der Waals surface area contributed by atoms with Gasteiger partial charge in [-0.05, 0) is 22.0 Å². The topological polar surface area (TPSA) is 62.8 Å². The molecule has 18 heavy (non-hydrogen) atoms. The standard InChI is InChI=1S/C12H15BrN4O/c1-18-3-2-14-7-11-8-16-12(17-11)9-4-10(13)6-15-5-9/h4-6,8,14H,2-3,7H2,1H3,(H,16,17). The molecule has 0 saturated heterocycles. The van der Waals surface area contributed by atoms with Crippen LogP contribution in [0.15, 0.2) is 29.1 Å². The Kier molecular flexibility index (Phi) is 4.86. The summed E-state index contributed by atoms with van der Waals surface area (Å²) in [7, 11) is 1.69. The average molecular weight is 311 g/mol. The molecule has 6 heteroatoms. The number of nitrogens with one attached hydrogen (secondary N) is 2. The van der Waals surface area contributed by atoms with Gasteiger partial charge in [-0.3, -0.25) is 4.98 Å². The molecule has 5 nitrogen and oxygen atoms in total. The molecule has 2 heterocycles. The number of halogens is 1. The Balaban J connectivity index is 1.97. The van der Waals surface area contributed by atoms with Gasteiger partial charge in [0.05, 0.1) is 6.61 Å². The van der Waals surface area contributed by atoms with E-state index in [1.165, 1.54) is 0 Å². The van der Waals surface area contributed by atoms with Gasteiger partial charge in [-0.15, -0.1) is 0 Å². The number of nitrogens with zero attached hydrogens (tertiary/aromatic N) is 2. The molecule has 2 aromatic rings. The van der Waals surface area contributed by atoms with Crippen molar-refractivity contribution >= 4 is 15.9 Å². The summed E-state index contributed by atoms with van der Waals surface area (Å²) in [6.45, 7) is 2.28. The van der Waals surface area contributed by atoms with Gasteiger partial charge < -0.3 is 15.0 Å². The molecule has 0 bridgehead atoms. The summed E-state index contributed by atoms with van der Waals surface area (Å²) in [4.78, 5) is 11.7. The van der Waals surface area contributed by atoms with Crippen molar-refractivity contribution in [3.05, 3.63) is 34.8 Å². The van der Waals surface area contributed by atoms with Crippen molar-refractivity contribution in [2.45, 2.75) is 6.54 Å². The Hall–Kier alpha value is -1.24. The highest BCUT2D eigenvalue weighted by Gasteiger charge is 2.04. The molecule has 96 valence electrons. The smallest absolute Gasteiger partial charge is 0.139 e. The summed E-state index contributed by atoms with van der Waals surface area (Å²) in [6, 6.07) is 1.98. The van der Waals surface area contributed by atoms with Gasteiger partial charge in [0, 0.05) is 54.5 Å². The van der Waals surface area contributed by atoms with Crippen LogP contribution in [0.1, 0.15) is 5.69 Å². The van der Waals surface area contributed by atoms with E-state index in [0.29, 0.717) is 6.61 Å². The normalized spacial score (nSPS) is 10.8. The van der Waals surface area contributed by atoms with Crippen LogP contribution in [-0.2, 0) is 11.3 Å². The number of hydrogen-bond donors (Lipinski definition) is 2. The van der Waals surface area contributed by atoms with Crippen molar-refractivity contribution in [2.75, 3.05) is 20.3 Å². The molecule has 2 N–H and O–H groups in total. The summed E-state index contributed by atoms with van der Waals surface area (Å²) < 4.78 is 5.91. The number of ether oxygens (including phenoxy) is 1. The SMILES string of the molecule is COCCNCc1cnc(-c2cncc(Br)c2)[nH]1. The third-order valence-corrected chi connectivity index (χ3v) is 2.84. The van der Waals surface area contributed by atoms with Gasteiger partial charge in [0.25, 0.3) is 0 Å². The summed E-state index contributed by atoms with van der Waals surface area (Å²) in [5, 5.41) is 3.26. The van der Waals surface area contributed by atoms with E-state index < -0.39 is 0 Å². The van der Waals surface area contributed by atoms with Crippen molar-refractivity contribution in [1.82, 2.24) is 20.3 Å². The van der Waals surface area contributed by atoms with Gasteiger partial charge in [0.2, 0.25) is 0 Å². The van der Waals surface area contributed by atoms with Crippen LogP contribution in [-0.4, -0.2) is 35.2 Å². The van der Waals surface area contributed by atoms with E-state index in [1.807, 2.05) is 12.3 Å². The van der Waals surface area contributed by atoms with Gasteiger partial charge in [-0.1, -0.05) is 0 Å². The van der Waals surface area contributed by atoms with E-state index >= 15 is 0 Å². The first-order chi connectivity index (χ1) is 8.79. The Morgan fingerprint density at radius 3 is 3.06 bits per heavy atom. The minimum Gasteiger partial charge on any atom is -0.383 e. The van der Waals surface area contributed by atoms with Crippen LogP contribution < -0.4 is 5.32 Å². The monoisotopic (exact) mass is 310 g/mol. The molecule has 2 rings (SSSR count). The van der Waals surface area contributed by atoms with Crippen LogP contribution in [0, 0.1) is 0 Å². The summed E-state index contributed by atoms with van der Waals surface area (Å²) in [5.41, 5.74) is 2.01. The zero-order valence-electron chi connectivity index (χ0n) is 10.1. The fourth-order valence-corrected chi connectivity index (χ4v) is 1.90. The van der Waals surface area contributed by atoms with E-state index in [0.717, 1.165) is 34.6 Å². The molecule has 2 aromatic heterocycles. The van der Waals surface area contributed by atoms with Crippen molar-refractivity contribution < 1.29 is 4.74 Å². The zero-order valence-corrected chi connectivity index (χ0v) is 11.7. The minimum atomic E-state index is 0.705. The van der Waals surface area contributed by atoms with E-state index in [4.69, 9.17) is 4.74 Å². The lowest BCUT2D eigenvalue weighted by atomic mass is 10.3. The number of H-pyrrole nitrogens is 1. The zero-order chi connectivity index (χ0) is 12.8. The van der Waals surface area contributed by atoms with E-state index in [1.54, 1.807) is 19.5 Å². The van der Waals surface area contributed by atoms with Gasteiger partial charge in [0.1, 0.15) is 5.82 Å². The number of pyridine rings is 1. The summed E-state index contributed by atoms with van der Waals surface area (Å²) >= 11 is 3.40. The molecular weight excluding hydrogens is 296 g/mol. The largest absolute Gasteiger partial charge is 0.383 e. The molecular formula is C12H15BrN4O. The average Bonchev–Trinajstić information content (AvgIpc) is 2.83. The second kappa shape index (κ2) is 6.63. The summed E-state index contributed by atoms with van der Waals surface area (Å²) in [5.74, 6) is 0.826. The van der Waals surface area contributed by atoms with Crippen LogP contribution in [0.2, 0.25) is 0 Å². The molecule has 0 fully saturated rings. The Labute approximate surface area is 114 Å². The fraction of sp³-hybridized carbons (Fsp3) is 0.333. The number of hydrogen-bond acceptors (Lipinski definition) is 4. The van der Waals surface area contributed by atoms with Crippen LogP contribution in [0.25, 0.3) is 11.4 Å². The van der Waals surface area contributed by atoms with Crippen molar-refractivity contribution in [3.63, 3.8) is 0 Å². The number of rotatable bonds is 6. The predicted octanol–water partition coefficient (Wildman–Crippen LogP) is 1.97. The summed E-state index contributed by atoms with van der Waals surface area (Å²) in [6.07, 6.45) is 5.36. The number of aromatic nitrogens is 3. The molecule has 0 unspecified atom stereocenters. The molecule has 0 aliphatic rings. The van der Waals surface area contributed by atoms with Gasteiger partial charge in [-0.2, -0.15) is 0 Å². The Morgan fingerprint density at radius 1 is 1.39 bits per heavy atom. The Bertz CT molecular complexity index is 500. The maximum Gasteiger partial charge on any atom is 0.139 e. The molecule has 0 aromatic carbocycles. The van der Waals surface area contributed by atoms with Crippen LogP contribution >= 0.6 is 15.9 Å². The van der Waals surface area contributed by atoms with E-state index in [9.17, 15) is 0 Å². The first kappa shape index (κ1) is 13.2. The lowest BCUT2D eigenvalue weighted by Crippen LogP contribution is -2.18. The van der Waals surface area contributed by atoms with E-state index in [2.05, 4.69) is 36.2 Å². The minimum absolute atomic E-state index is 0.705. The second-order valence-corrected chi connectivity index (χ2v) is 4.73. The molecule has 0 aliphatic heterocycles. The van der Waals surface area contributed by atoms with Crippen LogP contribution in [0.4, 0.5) is 0 Å². The van der Waals surface area contributed by atoms with Gasteiger partial charge in [-0.25, -0.2) is 4.98 Å². The lowest BCUT2D eigenvalue weighted by molar-refractivity contribution is 0.199. The quantitative estimate of drug-likeness (QED) is 0.801. The first-order valence-electron chi connectivity index (χ1n) is 5.64. The maximum atomic E-state index is 4.97. The molecule has 0 saturated carbocycles. The third kappa shape index (κ3) is 3.63. The van der Waals surface area contributed by atoms with Gasteiger partial charge in [0.15, 0.2) is 0 Å². The van der Waals surface area contributed by atoms with Gasteiger partial charge >= 0.3 is 0 Å². The van der Waals surface area contributed by atoms with Crippen molar-refractivity contribution in [1.29, 1.82) is 0 Å². The molecule has 0 amide bonds.